The first-order valence-electron chi connectivity index (χ1n) is 3.58. The predicted octanol–water partition coefficient (Wildman–Crippen LogP) is 1.40. The van der Waals surface area contributed by atoms with Crippen LogP contribution in [0.5, 0.6) is 0 Å². The second-order valence-electron chi connectivity index (χ2n) is 2.57. The zero-order valence-corrected chi connectivity index (χ0v) is 7.12. The second kappa shape index (κ2) is 2.88. The molecule has 0 radical (unpaired) electrons. The molecule has 0 bridgehead atoms. The quantitative estimate of drug-likeness (QED) is 0.543. The monoisotopic (exact) mass is 198 g/mol. The Hall–Kier alpha value is -1.29. The Kier molecular flexibility index (Phi) is 1.84. The first-order valence-corrected chi connectivity index (χ1v) is 3.96. The highest BCUT2D eigenvalue weighted by Crippen LogP contribution is 2.17. The van der Waals surface area contributed by atoms with Gasteiger partial charge in [-0.3, -0.25) is 4.79 Å². The number of nitrogens with zero attached hydrogens (tertiary/aromatic N) is 2. The highest BCUT2D eigenvalue weighted by atomic mass is 35.5. The Bertz CT molecular complexity index is 395. The van der Waals surface area contributed by atoms with Gasteiger partial charge in [-0.25, -0.2) is 9.38 Å². The van der Waals surface area contributed by atoms with Gasteiger partial charge in [-0.05, 0) is 29.8 Å². The van der Waals surface area contributed by atoms with Crippen molar-refractivity contribution in [3.8, 4) is 0 Å². The lowest BCUT2D eigenvalue weighted by Crippen LogP contribution is -2.20. The van der Waals surface area contributed by atoms with Crippen LogP contribution >= 0.6 is 11.6 Å². The number of amidine groups is 1. The lowest BCUT2D eigenvalue weighted by Gasteiger charge is -2.12. The van der Waals surface area contributed by atoms with Crippen molar-refractivity contribution in [2.75, 3.05) is 0 Å². The second-order valence-corrected chi connectivity index (χ2v) is 2.90. The van der Waals surface area contributed by atoms with Gasteiger partial charge in [0.05, 0.1) is 11.3 Å². The van der Waals surface area contributed by atoms with Crippen LogP contribution in [0, 0.1) is 0 Å². The van der Waals surface area contributed by atoms with Crippen LogP contribution in [0.15, 0.2) is 33.8 Å². The highest BCUT2D eigenvalue weighted by molar-refractivity contribution is 6.67. The summed E-state index contributed by atoms with van der Waals surface area (Å²) in [6, 6.07) is 0. The van der Waals surface area contributed by atoms with E-state index in [9.17, 15) is 9.18 Å². The summed E-state index contributed by atoms with van der Waals surface area (Å²) in [5.41, 5.74) is 0.554. The van der Waals surface area contributed by atoms with Crippen molar-refractivity contribution in [1.82, 2.24) is 0 Å². The number of hydrogen-bond donors (Lipinski definition) is 0. The number of alkyl halides is 1. The first kappa shape index (κ1) is 8.31. The lowest BCUT2D eigenvalue weighted by atomic mass is 10.0. The molecule has 3 nitrogen and oxygen atoms in total. The molecule has 1 atom stereocenters. The minimum absolute atomic E-state index is 0.112. The van der Waals surface area contributed by atoms with Gasteiger partial charge in [0.2, 0.25) is 5.29 Å². The maximum atomic E-state index is 12.8. The predicted molar refractivity (Wildman–Crippen MR) is 47.8 cm³/mol. The summed E-state index contributed by atoms with van der Waals surface area (Å²) in [5, 5.41) is -0.112. The van der Waals surface area contributed by atoms with E-state index in [4.69, 9.17) is 11.6 Å². The Morgan fingerprint density at radius 3 is 3.00 bits per heavy atom. The van der Waals surface area contributed by atoms with Crippen LogP contribution in [0.4, 0.5) is 4.39 Å². The van der Waals surface area contributed by atoms with E-state index >= 15 is 0 Å². The fourth-order valence-electron chi connectivity index (χ4n) is 1.12. The molecule has 1 unspecified atom stereocenters. The van der Waals surface area contributed by atoms with Gasteiger partial charge in [0.1, 0.15) is 6.17 Å². The molecule has 13 heavy (non-hydrogen) atoms. The summed E-state index contributed by atoms with van der Waals surface area (Å²) in [4.78, 5) is 18.3. The minimum atomic E-state index is -1.25. The normalized spacial score (nSPS) is 26.2. The molecule has 0 spiro atoms. The maximum absolute atomic E-state index is 12.8. The van der Waals surface area contributed by atoms with Crippen molar-refractivity contribution in [2.45, 2.75) is 6.17 Å². The molecular weight excluding hydrogens is 195 g/mol. The molecule has 2 aliphatic rings. The summed E-state index contributed by atoms with van der Waals surface area (Å²) in [7, 11) is 0. The molecule has 1 aliphatic heterocycles. The van der Waals surface area contributed by atoms with Crippen molar-refractivity contribution in [1.29, 1.82) is 0 Å². The number of allylic oxidation sites excluding steroid dienone is 3. The Morgan fingerprint density at radius 2 is 2.23 bits per heavy atom. The van der Waals surface area contributed by atoms with Gasteiger partial charge in [-0.1, -0.05) is 0 Å². The summed E-state index contributed by atoms with van der Waals surface area (Å²) in [6.45, 7) is 0. The van der Waals surface area contributed by atoms with E-state index in [1.54, 1.807) is 0 Å². The molecule has 0 aromatic rings. The van der Waals surface area contributed by atoms with E-state index < -0.39 is 12.1 Å². The van der Waals surface area contributed by atoms with E-state index in [-0.39, 0.29) is 10.9 Å². The molecule has 0 saturated carbocycles. The van der Waals surface area contributed by atoms with E-state index in [1.165, 1.54) is 18.2 Å². The smallest absolute Gasteiger partial charge is 0.267 e. The fourth-order valence-corrected chi connectivity index (χ4v) is 1.29. The highest BCUT2D eigenvalue weighted by Gasteiger charge is 2.23. The largest absolute Gasteiger partial charge is 0.281 e. The maximum Gasteiger partial charge on any atom is 0.281 e. The van der Waals surface area contributed by atoms with Gasteiger partial charge in [-0.2, -0.15) is 4.99 Å². The molecule has 66 valence electrons. The molecule has 0 saturated heterocycles. The molecule has 0 aromatic heterocycles. The molecule has 2 rings (SSSR count). The lowest BCUT2D eigenvalue weighted by molar-refractivity contribution is -0.113. The average molecular weight is 199 g/mol. The van der Waals surface area contributed by atoms with E-state index in [0.717, 1.165) is 0 Å². The zero-order chi connectivity index (χ0) is 9.42. The SMILES string of the molecule is O=C1N=C(Cl)N=C2C=CC(F)C=C12. The molecule has 0 fully saturated rings. The molecule has 1 aliphatic carbocycles. The fraction of sp³-hybridized carbons (Fsp3) is 0.125. The Morgan fingerprint density at radius 1 is 1.46 bits per heavy atom. The van der Waals surface area contributed by atoms with Crippen LogP contribution in [0.25, 0.3) is 0 Å². The third-order valence-electron chi connectivity index (χ3n) is 1.68. The van der Waals surface area contributed by atoms with Crippen LogP contribution in [0.1, 0.15) is 0 Å². The number of rotatable bonds is 0. The van der Waals surface area contributed by atoms with Gasteiger partial charge >= 0.3 is 0 Å². The topological polar surface area (TPSA) is 41.8 Å². The van der Waals surface area contributed by atoms with Gasteiger partial charge in [0, 0.05) is 0 Å². The number of fused-ring (bicyclic) bond motifs is 1. The van der Waals surface area contributed by atoms with Crippen LogP contribution in [-0.4, -0.2) is 23.1 Å². The number of amides is 1. The molecule has 1 amide bonds. The molecule has 5 heteroatoms. The van der Waals surface area contributed by atoms with Crippen LogP contribution in [-0.2, 0) is 4.79 Å². The standard InChI is InChI=1S/C8H4ClFN2O/c9-8-11-6-2-1-4(10)3-5(6)7(13)12-8/h1-4H. The molecule has 0 aromatic carbocycles. The Balaban J connectivity index is 2.48. The molecule has 1 heterocycles. The number of hydrogen-bond acceptors (Lipinski definition) is 2. The van der Waals surface area contributed by atoms with Crippen LogP contribution in [0.3, 0.4) is 0 Å². The van der Waals surface area contributed by atoms with Gasteiger partial charge < -0.3 is 0 Å². The van der Waals surface area contributed by atoms with Gasteiger partial charge in [-0.15, -0.1) is 0 Å². The number of carbonyl (C=O) groups excluding carboxylic acids is 1. The molecule has 0 N–H and O–H groups in total. The average Bonchev–Trinajstić information content (AvgIpc) is 2.06. The summed E-state index contributed by atoms with van der Waals surface area (Å²) in [5.74, 6) is -0.540. The number of carbonyl (C=O) groups is 1. The van der Waals surface area contributed by atoms with Crippen molar-refractivity contribution in [2.24, 2.45) is 9.98 Å². The van der Waals surface area contributed by atoms with Gasteiger partial charge in [0.15, 0.2) is 0 Å². The van der Waals surface area contributed by atoms with Crippen molar-refractivity contribution >= 4 is 28.5 Å². The van der Waals surface area contributed by atoms with Gasteiger partial charge in [0.25, 0.3) is 5.91 Å². The van der Waals surface area contributed by atoms with Crippen LogP contribution < -0.4 is 0 Å². The summed E-state index contributed by atoms with van der Waals surface area (Å²) >= 11 is 5.45. The van der Waals surface area contributed by atoms with Crippen LogP contribution in [0.2, 0.25) is 0 Å². The minimum Gasteiger partial charge on any atom is -0.267 e. The third-order valence-corrected chi connectivity index (χ3v) is 1.85. The Labute approximate surface area is 78.3 Å². The van der Waals surface area contributed by atoms with E-state index in [2.05, 4.69) is 9.98 Å². The van der Waals surface area contributed by atoms with Crippen molar-refractivity contribution < 1.29 is 9.18 Å². The molecular formula is C8H4ClFN2O. The third kappa shape index (κ3) is 1.45. The van der Waals surface area contributed by atoms with E-state index in [1.807, 2.05) is 0 Å². The van der Waals surface area contributed by atoms with Crippen molar-refractivity contribution in [3.63, 3.8) is 0 Å². The zero-order valence-electron chi connectivity index (χ0n) is 6.37. The number of halogens is 2. The number of aliphatic imine (C=N–C) groups is 2. The summed E-state index contributed by atoms with van der Waals surface area (Å²) in [6.07, 6.45) is 2.65. The van der Waals surface area contributed by atoms with E-state index in [0.29, 0.717) is 5.71 Å². The first-order chi connectivity index (χ1) is 6.16. The summed E-state index contributed by atoms with van der Waals surface area (Å²) < 4.78 is 12.8. The van der Waals surface area contributed by atoms with Crippen molar-refractivity contribution in [3.05, 3.63) is 23.8 Å².